The molecule has 0 spiro atoms. The molecule has 0 radical (unpaired) electrons. The van der Waals surface area contributed by atoms with Gasteiger partial charge in [0.2, 0.25) is 0 Å². The number of fused-ring (bicyclic) bond motifs is 3. The number of anilines is 9. The van der Waals surface area contributed by atoms with Crippen LogP contribution in [0.5, 0.6) is 0 Å². The van der Waals surface area contributed by atoms with Gasteiger partial charge < -0.3 is 0 Å². The maximum atomic E-state index is 2.71. The zero-order valence-electron chi connectivity index (χ0n) is 40.3. The molecular formula is C68H47GeN3. The summed E-state index contributed by atoms with van der Waals surface area (Å²) in [5.74, 6) is 0. The molecule has 0 aromatic heterocycles. The summed E-state index contributed by atoms with van der Waals surface area (Å²) in [6.07, 6.45) is 0. The van der Waals surface area contributed by atoms with E-state index in [1.54, 1.807) is 0 Å². The summed E-state index contributed by atoms with van der Waals surface area (Å²) in [5.41, 5.74) is 12.4. The van der Waals surface area contributed by atoms with Crippen molar-refractivity contribution in [2.45, 2.75) is 26.2 Å². The first-order valence-electron chi connectivity index (χ1n) is 25.3. The van der Waals surface area contributed by atoms with E-state index in [-0.39, 0.29) is 5.41 Å². The van der Waals surface area contributed by atoms with Crippen LogP contribution in [0.3, 0.4) is 0 Å². The summed E-state index contributed by atoms with van der Waals surface area (Å²) >= 11 is -4.10. The van der Waals surface area contributed by atoms with Crippen molar-refractivity contribution in [3.05, 3.63) is 236 Å². The summed E-state index contributed by atoms with van der Waals surface area (Å²) < 4.78 is 5.86. The van der Waals surface area contributed by atoms with E-state index in [1.807, 2.05) is 0 Å². The van der Waals surface area contributed by atoms with Crippen LogP contribution in [0.15, 0.2) is 231 Å². The van der Waals surface area contributed by atoms with E-state index in [1.165, 1.54) is 133 Å². The van der Waals surface area contributed by atoms with Crippen molar-refractivity contribution in [2.75, 3.05) is 14.7 Å². The van der Waals surface area contributed by atoms with Crippen molar-refractivity contribution >= 4 is 147 Å². The minimum atomic E-state index is -4.10. The standard InChI is InChI=1S/C68H47GeN3/c1-68(2,3)63-51-23-9-11-25-53(51)67(54-26-12-10-24-52(54)63)72-59-31-15-28-56-65(59)69(48-21-5-4-6-22-48)64-55(70(56)49-38-37-42-17-7-8-18-45(42)39-49)27-14-29-57(64)71(58-30-16-32-60(72)66(58)69)50-40-46-35-33-43-19-13-20-44-34-36-47(41-50)62(46)61(43)44/h4-41H,1-3H3. The molecule has 3 aliphatic rings. The zero-order chi connectivity index (χ0) is 47.6. The van der Waals surface area contributed by atoms with E-state index < -0.39 is 13.3 Å². The van der Waals surface area contributed by atoms with Crippen LogP contribution in [0.2, 0.25) is 0 Å². The maximum absolute atomic E-state index is 4.10. The molecule has 13 aromatic rings. The molecule has 0 bridgehead atoms. The average Bonchev–Trinajstić information content (AvgIpc) is 3.44. The number of nitrogens with zero attached hydrogens (tertiary/aromatic N) is 3. The van der Waals surface area contributed by atoms with Gasteiger partial charge >= 0.3 is 424 Å². The zero-order valence-corrected chi connectivity index (χ0v) is 42.4. The predicted octanol–water partition coefficient (Wildman–Crippen LogP) is 16.1. The molecule has 0 saturated heterocycles. The molecule has 4 heteroatoms. The second kappa shape index (κ2) is 14.4. The van der Waals surface area contributed by atoms with E-state index in [0.29, 0.717) is 0 Å². The van der Waals surface area contributed by atoms with Crippen LogP contribution in [0.1, 0.15) is 26.3 Å². The van der Waals surface area contributed by atoms with Crippen molar-refractivity contribution in [2.24, 2.45) is 0 Å². The van der Waals surface area contributed by atoms with E-state index in [9.17, 15) is 0 Å². The van der Waals surface area contributed by atoms with Gasteiger partial charge in [0.25, 0.3) is 0 Å². The quantitative estimate of drug-likeness (QED) is 0.0988. The van der Waals surface area contributed by atoms with Gasteiger partial charge in [0.1, 0.15) is 0 Å². The molecule has 13 aromatic carbocycles. The first kappa shape index (κ1) is 40.4. The van der Waals surface area contributed by atoms with Crippen LogP contribution in [-0.2, 0) is 5.41 Å². The molecule has 1 atom stereocenters. The number of hydrogen-bond donors (Lipinski definition) is 0. The molecule has 0 aliphatic carbocycles. The first-order valence-corrected chi connectivity index (χ1v) is 29.5. The molecule has 3 aliphatic heterocycles. The second-order valence-electron chi connectivity index (χ2n) is 21.2. The number of rotatable bonds is 4. The van der Waals surface area contributed by atoms with Gasteiger partial charge in [-0.05, 0) is 0 Å². The van der Waals surface area contributed by atoms with Crippen LogP contribution in [0.4, 0.5) is 51.2 Å². The number of benzene rings is 13. The van der Waals surface area contributed by atoms with Gasteiger partial charge in [0.05, 0.1) is 0 Å². The molecule has 72 heavy (non-hydrogen) atoms. The van der Waals surface area contributed by atoms with Gasteiger partial charge in [-0.2, -0.15) is 0 Å². The van der Waals surface area contributed by atoms with E-state index in [4.69, 9.17) is 0 Å². The fourth-order valence-electron chi connectivity index (χ4n) is 13.9. The van der Waals surface area contributed by atoms with Crippen LogP contribution in [0, 0.1) is 0 Å². The van der Waals surface area contributed by atoms with Gasteiger partial charge in [-0.25, -0.2) is 0 Å². The predicted molar refractivity (Wildman–Crippen MR) is 310 cm³/mol. The van der Waals surface area contributed by atoms with E-state index in [0.717, 1.165) is 5.69 Å². The third kappa shape index (κ3) is 5.15. The molecule has 3 nitrogen and oxygen atoms in total. The van der Waals surface area contributed by atoms with Crippen LogP contribution >= 0.6 is 0 Å². The molecule has 16 rings (SSSR count). The summed E-state index contributed by atoms with van der Waals surface area (Å²) in [4.78, 5) is 7.97. The van der Waals surface area contributed by atoms with E-state index >= 15 is 0 Å². The third-order valence-electron chi connectivity index (χ3n) is 16.4. The monoisotopic (exact) mass is 979 g/mol. The summed E-state index contributed by atoms with van der Waals surface area (Å²) in [6, 6.07) is 88.5. The normalized spacial score (nSPS) is 15.7. The SMILES string of the molecule is CC(C)(C)c1c2ccccc2c(N2c3cccc4[c]3[Ge]3([c]5ccccc5)[c]5c(cccc5N(c5cc6ccc7cccc8ccc(c5)c6c78)c5cccc2[c]53)N4c2ccc3ccccc3c2)c2ccccc12. The fraction of sp³-hybridized carbons (Fsp3) is 0.0588. The van der Waals surface area contributed by atoms with E-state index in [2.05, 4.69) is 266 Å². The minimum absolute atomic E-state index is 0.0988. The van der Waals surface area contributed by atoms with Crippen LogP contribution in [0.25, 0.3) is 64.6 Å². The average molecular weight is 979 g/mol. The molecule has 0 saturated carbocycles. The van der Waals surface area contributed by atoms with Crippen molar-refractivity contribution in [1.29, 1.82) is 0 Å². The van der Waals surface area contributed by atoms with Gasteiger partial charge in [0.15, 0.2) is 0 Å². The van der Waals surface area contributed by atoms with Gasteiger partial charge in [-0.15, -0.1) is 0 Å². The van der Waals surface area contributed by atoms with Crippen LogP contribution in [-0.4, -0.2) is 13.3 Å². The molecule has 338 valence electrons. The van der Waals surface area contributed by atoms with Gasteiger partial charge in [-0.3, -0.25) is 0 Å². The Hall–Kier alpha value is -8.38. The first-order chi connectivity index (χ1) is 35.4. The summed E-state index contributed by atoms with van der Waals surface area (Å²) in [7, 11) is 0. The molecule has 0 fully saturated rings. The Bertz CT molecular complexity index is 4350. The Morgan fingerprint density at radius 3 is 1.24 bits per heavy atom. The Labute approximate surface area is 421 Å². The molecule has 3 heterocycles. The molecule has 0 N–H and O–H groups in total. The second-order valence-corrected chi connectivity index (χ2v) is 28.7. The topological polar surface area (TPSA) is 9.72 Å². The Kier molecular flexibility index (Phi) is 8.06. The molecular weight excluding hydrogens is 931 g/mol. The number of hydrogen-bond acceptors (Lipinski definition) is 3. The van der Waals surface area contributed by atoms with Crippen molar-refractivity contribution in [3.8, 4) is 0 Å². The van der Waals surface area contributed by atoms with Gasteiger partial charge in [-0.1, -0.05) is 0 Å². The van der Waals surface area contributed by atoms with Gasteiger partial charge in [0, 0.05) is 0 Å². The van der Waals surface area contributed by atoms with Crippen LogP contribution < -0.4 is 32.3 Å². The summed E-state index contributed by atoms with van der Waals surface area (Å²) in [6.45, 7) is 7.11. The molecule has 0 amide bonds. The summed E-state index contributed by atoms with van der Waals surface area (Å²) in [5, 5.41) is 15.3. The molecule has 1 unspecified atom stereocenters. The Morgan fingerprint density at radius 2 is 0.694 bits per heavy atom. The fourth-order valence-corrected chi connectivity index (χ4v) is 26.0. The van der Waals surface area contributed by atoms with Crippen molar-refractivity contribution in [1.82, 2.24) is 0 Å². The van der Waals surface area contributed by atoms with Crippen molar-refractivity contribution < 1.29 is 0 Å². The Morgan fingerprint density at radius 1 is 0.306 bits per heavy atom. The Balaban J connectivity index is 1.10. The third-order valence-corrected chi connectivity index (χ3v) is 26.9. The van der Waals surface area contributed by atoms with Crippen molar-refractivity contribution in [3.63, 3.8) is 0 Å².